The van der Waals surface area contributed by atoms with E-state index in [0.29, 0.717) is 19.6 Å². The topological polar surface area (TPSA) is 186 Å². The van der Waals surface area contributed by atoms with Gasteiger partial charge in [-0.1, -0.05) is 23.8 Å². The number of carbonyl (C=O) groups excluding carboxylic acids is 2. The number of aliphatic carboxylic acids is 1. The van der Waals surface area contributed by atoms with E-state index < -0.39 is 50.7 Å². The molecule has 2 aromatic carbocycles. The first-order valence-corrected chi connectivity index (χ1v) is 14.3. The van der Waals surface area contributed by atoms with E-state index in [2.05, 4.69) is 5.32 Å². The summed E-state index contributed by atoms with van der Waals surface area (Å²) in [5.74, 6) is -2.50. The van der Waals surface area contributed by atoms with Gasteiger partial charge in [0.05, 0.1) is 23.0 Å². The molecule has 0 unspecified atom stereocenters. The monoisotopic (exact) mass is 590 g/mol. The lowest BCUT2D eigenvalue weighted by molar-refractivity contribution is -0.385. The average molecular weight is 591 g/mol. The van der Waals surface area contributed by atoms with Gasteiger partial charge in [-0.25, -0.2) is 18.0 Å². The summed E-state index contributed by atoms with van der Waals surface area (Å²) in [5.41, 5.74) is 0.504. The zero-order valence-electron chi connectivity index (χ0n) is 22.2. The van der Waals surface area contributed by atoms with E-state index in [9.17, 15) is 38.0 Å². The molecule has 0 radical (unpaired) electrons. The number of hydrogen-bond donors (Lipinski definition) is 2. The van der Waals surface area contributed by atoms with E-state index in [4.69, 9.17) is 9.47 Å². The van der Waals surface area contributed by atoms with Gasteiger partial charge in [0.15, 0.2) is 0 Å². The van der Waals surface area contributed by atoms with Crippen LogP contribution < -0.4 is 10.1 Å². The molecule has 41 heavy (non-hydrogen) atoms. The fourth-order valence-electron chi connectivity index (χ4n) is 4.66. The Bertz CT molecular complexity index is 1420. The first-order valence-electron chi connectivity index (χ1n) is 12.9. The van der Waals surface area contributed by atoms with Gasteiger partial charge < -0.3 is 24.8 Å². The van der Waals surface area contributed by atoms with Crippen LogP contribution in [0, 0.1) is 17.0 Å². The van der Waals surface area contributed by atoms with Crippen molar-refractivity contribution >= 4 is 33.7 Å². The zero-order valence-corrected chi connectivity index (χ0v) is 23.0. The van der Waals surface area contributed by atoms with Gasteiger partial charge in [0.2, 0.25) is 21.7 Å². The molecular formula is C26H30N4O10S. The summed E-state index contributed by atoms with van der Waals surface area (Å²) in [6, 6.07) is 7.21. The van der Waals surface area contributed by atoms with Crippen molar-refractivity contribution in [3.05, 3.63) is 63.7 Å². The van der Waals surface area contributed by atoms with E-state index in [1.54, 1.807) is 12.1 Å². The molecule has 15 heteroatoms. The van der Waals surface area contributed by atoms with Crippen molar-refractivity contribution in [1.82, 2.24) is 14.5 Å². The van der Waals surface area contributed by atoms with Crippen LogP contribution in [0.4, 0.5) is 10.5 Å². The molecule has 2 saturated heterocycles. The van der Waals surface area contributed by atoms with E-state index in [1.807, 2.05) is 6.92 Å². The number of rotatable bonds is 9. The maximum Gasteiger partial charge on any atom is 0.415 e. The number of nitrogens with one attached hydrogen (secondary N) is 1. The fourth-order valence-corrected chi connectivity index (χ4v) is 6.32. The van der Waals surface area contributed by atoms with Crippen LogP contribution in [0.3, 0.4) is 0 Å². The summed E-state index contributed by atoms with van der Waals surface area (Å²) in [6.07, 6.45) is -0.492. The van der Waals surface area contributed by atoms with Crippen molar-refractivity contribution in [2.24, 2.45) is 0 Å². The molecule has 2 atom stereocenters. The number of morpholine rings is 1. The zero-order chi connectivity index (χ0) is 29.7. The number of nitro groups is 1. The van der Waals surface area contributed by atoms with Crippen molar-refractivity contribution < 1.29 is 42.3 Å². The highest BCUT2D eigenvalue weighted by Crippen LogP contribution is 2.30. The number of amides is 2. The van der Waals surface area contributed by atoms with Gasteiger partial charge in [-0.15, -0.1) is 0 Å². The fraction of sp³-hybridized carbons (Fsp3) is 0.423. The van der Waals surface area contributed by atoms with Crippen LogP contribution in [0.25, 0.3) is 0 Å². The van der Waals surface area contributed by atoms with Crippen molar-refractivity contribution in [1.29, 1.82) is 0 Å². The number of nitro benzene ring substituents is 1. The predicted molar refractivity (Wildman–Crippen MR) is 143 cm³/mol. The molecular weight excluding hydrogens is 560 g/mol. The minimum Gasteiger partial charge on any atom is -0.480 e. The van der Waals surface area contributed by atoms with Crippen LogP contribution in [-0.4, -0.2) is 90.6 Å². The maximum atomic E-state index is 13.2. The van der Waals surface area contributed by atoms with Crippen molar-refractivity contribution in [3.8, 4) is 5.75 Å². The van der Waals surface area contributed by atoms with E-state index >= 15 is 0 Å². The Balaban J connectivity index is 1.47. The predicted octanol–water partition coefficient (Wildman–Crippen LogP) is 1.70. The summed E-state index contributed by atoms with van der Waals surface area (Å²) in [4.78, 5) is 49.9. The number of ether oxygens (including phenoxy) is 2. The third-order valence-electron chi connectivity index (χ3n) is 6.87. The van der Waals surface area contributed by atoms with Crippen LogP contribution in [0.15, 0.2) is 47.4 Å². The molecule has 2 fully saturated rings. The molecule has 0 bridgehead atoms. The number of carboxylic acid groups (broad SMARTS) is 1. The number of hydrogen-bond acceptors (Lipinski definition) is 9. The highest BCUT2D eigenvalue weighted by Gasteiger charge is 2.40. The summed E-state index contributed by atoms with van der Waals surface area (Å²) in [7, 11) is -4.00. The Hall–Kier alpha value is -4.08. The molecule has 2 amide bonds. The van der Waals surface area contributed by atoms with Gasteiger partial charge in [0, 0.05) is 32.1 Å². The molecule has 14 nitrogen and oxygen atoms in total. The first-order chi connectivity index (χ1) is 19.5. The Morgan fingerprint density at radius 3 is 2.46 bits per heavy atom. The molecule has 220 valence electrons. The van der Waals surface area contributed by atoms with Gasteiger partial charge in [-0.05, 0) is 43.5 Å². The Labute approximate surface area is 236 Å². The molecule has 0 spiro atoms. The van der Waals surface area contributed by atoms with Crippen molar-refractivity contribution in [3.63, 3.8) is 0 Å². The molecule has 0 aromatic heterocycles. The lowest BCUT2D eigenvalue weighted by atomic mass is 10.0. The number of carboxylic acids is 1. The van der Waals surface area contributed by atoms with Crippen LogP contribution in [0.1, 0.15) is 24.0 Å². The third-order valence-corrected chi connectivity index (χ3v) is 8.80. The number of aryl methyl sites for hydroxylation is 1. The summed E-state index contributed by atoms with van der Waals surface area (Å²) in [6.45, 7) is 3.09. The second-order valence-corrected chi connectivity index (χ2v) is 11.6. The number of nitrogens with zero attached hydrogens (tertiary/aromatic N) is 3. The highest BCUT2D eigenvalue weighted by atomic mass is 32.2. The molecule has 0 aliphatic carbocycles. The molecule has 2 heterocycles. The normalized spacial score (nSPS) is 18.5. The SMILES string of the molecule is Cc1ccc(S(=O)(=O)N2CCC[C@H]2C(=O)N[C@@H](Cc2ccc(OC(=O)N3CCOCC3)c([N+](=O)[O-])c2)C(=O)O)cc1. The quantitative estimate of drug-likeness (QED) is 0.322. The summed E-state index contributed by atoms with van der Waals surface area (Å²) >= 11 is 0. The van der Waals surface area contributed by atoms with Crippen LogP contribution in [0.5, 0.6) is 5.75 Å². The van der Waals surface area contributed by atoms with Crippen LogP contribution in [0.2, 0.25) is 0 Å². The summed E-state index contributed by atoms with van der Waals surface area (Å²) in [5, 5.41) is 23.9. The summed E-state index contributed by atoms with van der Waals surface area (Å²) < 4.78 is 37.9. The Morgan fingerprint density at radius 1 is 1.15 bits per heavy atom. The lowest BCUT2D eigenvalue weighted by Crippen LogP contribution is -2.51. The third kappa shape index (κ3) is 6.99. The lowest BCUT2D eigenvalue weighted by Gasteiger charge is -2.26. The molecule has 2 aliphatic rings. The minimum atomic E-state index is -4.00. The highest BCUT2D eigenvalue weighted by molar-refractivity contribution is 7.89. The van der Waals surface area contributed by atoms with Crippen LogP contribution >= 0.6 is 0 Å². The molecule has 4 rings (SSSR count). The maximum absolute atomic E-state index is 13.2. The van der Waals surface area contributed by atoms with Gasteiger partial charge in [-0.2, -0.15) is 4.31 Å². The van der Waals surface area contributed by atoms with Crippen molar-refractivity contribution in [2.75, 3.05) is 32.8 Å². The van der Waals surface area contributed by atoms with Crippen molar-refractivity contribution in [2.45, 2.75) is 43.2 Å². The van der Waals surface area contributed by atoms with Gasteiger partial charge >= 0.3 is 17.7 Å². The van der Waals surface area contributed by atoms with E-state index in [-0.39, 0.29) is 48.7 Å². The second kappa shape index (κ2) is 12.6. The van der Waals surface area contributed by atoms with Gasteiger partial charge in [0.25, 0.3) is 0 Å². The van der Waals surface area contributed by atoms with E-state index in [0.717, 1.165) is 15.9 Å². The molecule has 0 saturated carbocycles. The van der Waals surface area contributed by atoms with Gasteiger partial charge in [-0.3, -0.25) is 14.9 Å². The second-order valence-electron chi connectivity index (χ2n) is 9.72. The molecule has 2 aromatic rings. The van der Waals surface area contributed by atoms with E-state index in [1.165, 1.54) is 29.2 Å². The van der Waals surface area contributed by atoms with Crippen LogP contribution in [-0.2, 0) is 30.8 Å². The molecule has 2 aliphatic heterocycles. The smallest absolute Gasteiger partial charge is 0.415 e. The number of benzene rings is 2. The number of sulfonamides is 1. The standard InChI is InChI=1S/C26H30N4O10S/c1-17-4-7-19(8-5-17)41(37,38)29-10-2-3-21(29)24(31)27-20(25(32)33)15-18-6-9-23(22(16-18)30(35)36)40-26(34)28-11-13-39-14-12-28/h4-9,16,20-21H,2-3,10-15H2,1H3,(H,27,31)(H,32,33)/t20-,21-/m0/s1. The average Bonchev–Trinajstić information content (AvgIpc) is 3.45. The first kappa shape index (κ1) is 29.9. The minimum absolute atomic E-state index is 0.0271. The Morgan fingerprint density at radius 2 is 1.83 bits per heavy atom. The number of carbonyl (C=O) groups is 3. The molecule has 2 N–H and O–H groups in total. The van der Waals surface area contributed by atoms with Gasteiger partial charge in [0.1, 0.15) is 12.1 Å². The largest absolute Gasteiger partial charge is 0.480 e. The Kier molecular flexibility index (Phi) is 9.20.